The molecule has 1 unspecified atom stereocenters. The summed E-state index contributed by atoms with van der Waals surface area (Å²) in [6, 6.07) is 4.82. The predicted molar refractivity (Wildman–Crippen MR) is 62.6 cm³/mol. The minimum absolute atomic E-state index is 0.134. The maximum Gasteiger partial charge on any atom is 0.120 e. The molecule has 0 radical (unpaired) electrons. The minimum atomic E-state index is 0.134. The van der Waals surface area contributed by atoms with Crippen molar-refractivity contribution < 1.29 is 10.2 Å². The van der Waals surface area contributed by atoms with Crippen molar-refractivity contribution in [2.24, 2.45) is 0 Å². The van der Waals surface area contributed by atoms with E-state index in [0.29, 0.717) is 0 Å². The third-order valence-corrected chi connectivity index (χ3v) is 3.16. The zero-order valence-electron chi connectivity index (χ0n) is 9.48. The van der Waals surface area contributed by atoms with Crippen LogP contribution in [0.15, 0.2) is 18.2 Å². The van der Waals surface area contributed by atoms with E-state index in [2.05, 4.69) is 17.1 Å². The lowest BCUT2D eigenvalue weighted by Crippen LogP contribution is -2.44. The van der Waals surface area contributed by atoms with Crippen LogP contribution in [0.5, 0.6) is 11.5 Å². The highest BCUT2D eigenvalue weighted by molar-refractivity contribution is 5.40. The summed E-state index contributed by atoms with van der Waals surface area (Å²) in [5, 5.41) is 22.5. The van der Waals surface area contributed by atoms with Crippen molar-refractivity contribution in [2.45, 2.75) is 13.0 Å². The number of aromatic hydroxyl groups is 2. The van der Waals surface area contributed by atoms with Crippen LogP contribution in [0, 0.1) is 0 Å². The van der Waals surface area contributed by atoms with Gasteiger partial charge >= 0.3 is 0 Å². The Labute approximate surface area is 95.5 Å². The molecule has 1 heterocycles. The molecule has 4 nitrogen and oxygen atoms in total. The first kappa shape index (κ1) is 11.2. The number of nitrogens with zero attached hydrogens (tertiary/aromatic N) is 1. The summed E-state index contributed by atoms with van der Waals surface area (Å²) in [4.78, 5) is 2.30. The largest absolute Gasteiger partial charge is 0.508 e. The van der Waals surface area contributed by atoms with Crippen LogP contribution in [0.2, 0.25) is 0 Å². The third-order valence-electron chi connectivity index (χ3n) is 3.16. The third kappa shape index (κ3) is 2.28. The Bertz CT molecular complexity index is 362. The second kappa shape index (κ2) is 4.72. The van der Waals surface area contributed by atoms with Crippen LogP contribution in [-0.4, -0.2) is 41.3 Å². The molecule has 4 heteroatoms. The first-order valence-electron chi connectivity index (χ1n) is 5.65. The number of phenols is 2. The highest BCUT2D eigenvalue weighted by Gasteiger charge is 2.20. The van der Waals surface area contributed by atoms with Gasteiger partial charge in [-0.3, -0.25) is 4.90 Å². The van der Waals surface area contributed by atoms with Crippen molar-refractivity contribution in [1.82, 2.24) is 10.2 Å². The van der Waals surface area contributed by atoms with E-state index < -0.39 is 0 Å². The highest BCUT2D eigenvalue weighted by Crippen LogP contribution is 2.31. The standard InChI is InChI=1S/C12H18N2O2/c1-9(14-6-4-13-5-7-14)11-8-10(15)2-3-12(11)16/h2-3,8-9,13,15-16H,4-7H2,1H3. The lowest BCUT2D eigenvalue weighted by atomic mass is 10.0. The molecule has 2 rings (SSSR count). The molecule has 0 aromatic heterocycles. The van der Waals surface area contributed by atoms with Gasteiger partial charge in [0.2, 0.25) is 0 Å². The van der Waals surface area contributed by atoms with Crippen molar-refractivity contribution in [1.29, 1.82) is 0 Å². The van der Waals surface area contributed by atoms with Gasteiger partial charge in [0.1, 0.15) is 11.5 Å². The molecular weight excluding hydrogens is 204 g/mol. The molecule has 1 aliphatic rings. The summed E-state index contributed by atoms with van der Waals surface area (Å²) in [5.41, 5.74) is 0.793. The van der Waals surface area contributed by atoms with Crippen LogP contribution in [0.3, 0.4) is 0 Å². The first-order chi connectivity index (χ1) is 7.68. The monoisotopic (exact) mass is 222 g/mol. The van der Waals surface area contributed by atoms with Gasteiger partial charge in [0, 0.05) is 37.8 Å². The quantitative estimate of drug-likeness (QED) is 0.655. The predicted octanol–water partition coefficient (Wildman–Crippen LogP) is 1.06. The summed E-state index contributed by atoms with van der Waals surface area (Å²) in [7, 11) is 0. The summed E-state index contributed by atoms with van der Waals surface area (Å²) in [6.45, 7) is 5.94. The number of benzene rings is 1. The number of phenolic OH excluding ortho intramolecular Hbond substituents is 2. The lowest BCUT2D eigenvalue weighted by molar-refractivity contribution is 0.182. The van der Waals surface area contributed by atoms with E-state index in [-0.39, 0.29) is 17.5 Å². The Morgan fingerprint density at radius 2 is 1.94 bits per heavy atom. The van der Waals surface area contributed by atoms with E-state index in [1.165, 1.54) is 6.07 Å². The van der Waals surface area contributed by atoms with Gasteiger partial charge in [-0.2, -0.15) is 0 Å². The van der Waals surface area contributed by atoms with E-state index in [0.717, 1.165) is 31.7 Å². The molecule has 0 saturated carbocycles. The van der Waals surface area contributed by atoms with Gasteiger partial charge < -0.3 is 15.5 Å². The molecule has 3 N–H and O–H groups in total. The molecule has 88 valence electrons. The van der Waals surface area contributed by atoms with Crippen LogP contribution >= 0.6 is 0 Å². The van der Waals surface area contributed by atoms with Crippen LogP contribution in [0.25, 0.3) is 0 Å². The van der Waals surface area contributed by atoms with Gasteiger partial charge in [-0.05, 0) is 25.1 Å². The van der Waals surface area contributed by atoms with Crippen LogP contribution in [0.1, 0.15) is 18.5 Å². The maximum atomic E-state index is 9.78. The van der Waals surface area contributed by atoms with Crippen LogP contribution in [0.4, 0.5) is 0 Å². The molecule has 1 aromatic carbocycles. The van der Waals surface area contributed by atoms with Crippen LogP contribution < -0.4 is 5.32 Å². The number of piperazine rings is 1. The molecule has 1 aromatic rings. The van der Waals surface area contributed by atoms with E-state index in [4.69, 9.17) is 0 Å². The summed E-state index contributed by atoms with van der Waals surface area (Å²) in [5.74, 6) is 0.457. The van der Waals surface area contributed by atoms with Gasteiger partial charge in [-0.15, -0.1) is 0 Å². The lowest BCUT2D eigenvalue weighted by Gasteiger charge is -2.33. The summed E-state index contributed by atoms with van der Waals surface area (Å²) < 4.78 is 0. The number of nitrogens with one attached hydrogen (secondary N) is 1. The van der Waals surface area contributed by atoms with Gasteiger partial charge in [0.15, 0.2) is 0 Å². The first-order valence-corrected chi connectivity index (χ1v) is 5.65. The molecule has 1 atom stereocenters. The van der Waals surface area contributed by atoms with E-state index in [1.807, 2.05) is 0 Å². The fourth-order valence-electron chi connectivity index (χ4n) is 2.14. The van der Waals surface area contributed by atoms with Crippen LogP contribution in [-0.2, 0) is 0 Å². The van der Waals surface area contributed by atoms with Crippen molar-refractivity contribution in [3.8, 4) is 11.5 Å². The van der Waals surface area contributed by atoms with Crippen molar-refractivity contribution in [2.75, 3.05) is 26.2 Å². The molecule has 16 heavy (non-hydrogen) atoms. The number of hydrogen-bond donors (Lipinski definition) is 3. The smallest absolute Gasteiger partial charge is 0.120 e. The summed E-state index contributed by atoms with van der Waals surface area (Å²) in [6.07, 6.45) is 0. The molecule has 1 saturated heterocycles. The topological polar surface area (TPSA) is 55.7 Å². The van der Waals surface area contributed by atoms with Crippen molar-refractivity contribution in [3.05, 3.63) is 23.8 Å². The minimum Gasteiger partial charge on any atom is -0.508 e. The summed E-state index contributed by atoms with van der Waals surface area (Å²) >= 11 is 0. The van der Waals surface area contributed by atoms with Gasteiger partial charge in [-0.25, -0.2) is 0 Å². The average Bonchev–Trinajstić information content (AvgIpc) is 2.32. The second-order valence-corrected chi connectivity index (χ2v) is 4.21. The average molecular weight is 222 g/mol. The fraction of sp³-hybridized carbons (Fsp3) is 0.500. The molecule has 0 bridgehead atoms. The molecule has 0 amide bonds. The zero-order chi connectivity index (χ0) is 11.5. The van der Waals surface area contributed by atoms with Gasteiger partial charge in [0.05, 0.1) is 0 Å². The SMILES string of the molecule is CC(c1cc(O)ccc1O)N1CCNCC1. The molecule has 1 aliphatic heterocycles. The fourth-order valence-corrected chi connectivity index (χ4v) is 2.14. The molecular formula is C12H18N2O2. The zero-order valence-corrected chi connectivity index (χ0v) is 9.48. The Morgan fingerprint density at radius 1 is 1.25 bits per heavy atom. The van der Waals surface area contributed by atoms with E-state index in [1.54, 1.807) is 12.1 Å². The molecule has 1 fully saturated rings. The van der Waals surface area contributed by atoms with Crippen molar-refractivity contribution >= 4 is 0 Å². The second-order valence-electron chi connectivity index (χ2n) is 4.21. The Morgan fingerprint density at radius 3 is 2.62 bits per heavy atom. The van der Waals surface area contributed by atoms with Gasteiger partial charge in [0.25, 0.3) is 0 Å². The Hall–Kier alpha value is -1.26. The van der Waals surface area contributed by atoms with E-state index >= 15 is 0 Å². The van der Waals surface area contributed by atoms with E-state index in [9.17, 15) is 10.2 Å². The molecule has 0 aliphatic carbocycles. The highest BCUT2D eigenvalue weighted by atomic mass is 16.3. The normalized spacial score (nSPS) is 19.6. The number of hydrogen-bond acceptors (Lipinski definition) is 4. The maximum absolute atomic E-state index is 9.78. The Balaban J connectivity index is 2.18. The van der Waals surface area contributed by atoms with Crippen molar-refractivity contribution in [3.63, 3.8) is 0 Å². The molecule has 0 spiro atoms. The number of rotatable bonds is 2. The van der Waals surface area contributed by atoms with Gasteiger partial charge in [-0.1, -0.05) is 0 Å². The Kier molecular flexibility index (Phi) is 3.31.